The topological polar surface area (TPSA) is 89.5 Å². The Kier molecular flexibility index (Phi) is 9.55. The zero-order valence-corrected chi connectivity index (χ0v) is 7.48. The number of halogens is 3. The van der Waals surface area contributed by atoms with Crippen LogP contribution in [-0.4, -0.2) is 21.2 Å². The molecular formula is CBF3Li2O5S. The molecule has 13 heavy (non-hydrogen) atoms. The molecule has 0 saturated heterocycles. The fourth-order valence-corrected chi connectivity index (χ4v) is 0.474. The normalized spacial score (nSPS) is 11.2. The Labute approximate surface area is 96.3 Å². The van der Waals surface area contributed by atoms with E-state index in [1.54, 1.807) is 0 Å². The molecule has 0 aromatic rings. The van der Waals surface area contributed by atoms with E-state index in [2.05, 4.69) is 4.10 Å². The van der Waals surface area contributed by atoms with Crippen LogP contribution in [0.5, 0.6) is 0 Å². The van der Waals surface area contributed by atoms with Gasteiger partial charge in [0.1, 0.15) is 0 Å². The number of alkyl halides is 3. The van der Waals surface area contributed by atoms with Crippen molar-refractivity contribution in [2.24, 2.45) is 0 Å². The Morgan fingerprint density at radius 3 is 1.54 bits per heavy atom. The average Bonchev–Trinajstić information content (AvgIpc) is 1.56. The van der Waals surface area contributed by atoms with Crippen LogP contribution in [0, 0.1) is 0 Å². The summed E-state index contributed by atoms with van der Waals surface area (Å²) in [5.74, 6) is 0. The van der Waals surface area contributed by atoms with Crippen LogP contribution in [0.1, 0.15) is 0 Å². The first kappa shape index (κ1) is 19.5. The molecule has 5 nitrogen and oxygen atoms in total. The van der Waals surface area contributed by atoms with Gasteiger partial charge in [0, 0.05) is 0 Å². The molecule has 0 spiro atoms. The van der Waals surface area contributed by atoms with E-state index in [4.69, 9.17) is 0 Å². The predicted molar refractivity (Wildman–Crippen MR) is 21.8 cm³/mol. The molecular weight excluding hydrogens is 206 g/mol. The molecule has 0 atom stereocenters. The van der Waals surface area contributed by atoms with Gasteiger partial charge in [-0.05, 0) is 0 Å². The molecule has 0 bridgehead atoms. The maximum absolute atomic E-state index is 11.2. The summed E-state index contributed by atoms with van der Waals surface area (Å²) in [7, 11) is -9.52. The predicted octanol–water partition coefficient (Wildman–Crippen LogP) is -8.43. The second-order valence-electron chi connectivity index (χ2n) is 1.28. The van der Waals surface area contributed by atoms with Crippen LogP contribution < -0.4 is 47.8 Å². The molecule has 0 heterocycles. The first-order chi connectivity index (χ1) is 4.67. The standard InChI is InChI=1S/CBF3O5S.2Li/c3-1(4,5)11(8,9)10-2(6)7;;/q-2;2*+1. The third-order valence-electron chi connectivity index (χ3n) is 0.489. The van der Waals surface area contributed by atoms with Gasteiger partial charge >= 0.3 is 53.3 Å². The third-order valence-corrected chi connectivity index (χ3v) is 1.47. The number of hydrogen-bond acceptors (Lipinski definition) is 5. The van der Waals surface area contributed by atoms with Crippen LogP contribution in [-0.2, 0) is 14.2 Å². The molecule has 0 saturated carbocycles. The summed E-state index contributed by atoms with van der Waals surface area (Å²) in [6.07, 6.45) is 0. The summed E-state index contributed by atoms with van der Waals surface area (Å²) in [6.45, 7) is 0. The van der Waals surface area contributed by atoms with Crippen LogP contribution in [0.4, 0.5) is 13.2 Å². The molecule has 12 heteroatoms. The molecule has 0 aliphatic rings. The Morgan fingerprint density at radius 1 is 1.15 bits per heavy atom. The Balaban J connectivity index is -0.000000500. The van der Waals surface area contributed by atoms with E-state index in [0.717, 1.165) is 0 Å². The van der Waals surface area contributed by atoms with E-state index in [0.29, 0.717) is 0 Å². The second kappa shape index (κ2) is 6.38. The van der Waals surface area contributed by atoms with E-state index >= 15 is 0 Å². The number of rotatable bonds is 2. The van der Waals surface area contributed by atoms with Gasteiger partial charge in [0.05, 0.1) is 7.32 Å². The van der Waals surface area contributed by atoms with Gasteiger partial charge in [-0.25, -0.2) is 0 Å². The van der Waals surface area contributed by atoms with Gasteiger partial charge in [-0.15, -0.1) is 0 Å². The van der Waals surface area contributed by atoms with E-state index in [1.807, 2.05) is 0 Å². The van der Waals surface area contributed by atoms with Crippen LogP contribution in [0.15, 0.2) is 0 Å². The van der Waals surface area contributed by atoms with Crippen LogP contribution in [0.2, 0.25) is 0 Å². The minimum absolute atomic E-state index is 0. The van der Waals surface area contributed by atoms with Crippen LogP contribution >= 0.6 is 0 Å². The van der Waals surface area contributed by atoms with Crippen molar-refractivity contribution in [3.05, 3.63) is 0 Å². The monoisotopic (exact) mass is 206 g/mol. The van der Waals surface area contributed by atoms with Crippen LogP contribution in [0.3, 0.4) is 0 Å². The smallest absolute Gasteiger partial charge is 0.870 e. The largest absolute Gasteiger partial charge is 1.00 e. The summed E-state index contributed by atoms with van der Waals surface area (Å²) in [5.41, 5.74) is -5.72. The zero-order valence-electron chi connectivity index (χ0n) is 6.66. The van der Waals surface area contributed by atoms with Crippen molar-refractivity contribution in [1.82, 2.24) is 0 Å². The van der Waals surface area contributed by atoms with E-state index < -0.39 is 22.9 Å². The summed E-state index contributed by atoms with van der Waals surface area (Å²) in [4.78, 5) is 0. The summed E-state index contributed by atoms with van der Waals surface area (Å²) < 4.78 is 55.6. The van der Waals surface area contributed by atoms with Crippen molar-refractivity contribution in [3.63, 3.8) is 0 Å². The van der Waals surface area contributed by atoms with Gasteiger partial charge in [-0.2, -0.15) is 21.6 Å². The van der Waals surface area contributed by atoms with E-state index in [-0.39, 0.29) is 37.7 Å². The molecule has 0 radical (unpaired) electrons. The molecule has 0 aliphatic carbocycles. The molecule has 0 aromatic carbocycles. The SMILES string of the molecule is O=S(=O)(OB([O-])[O-])C(F)(F)F.[Li+].[Li+]. The Bertz CT molecular complexity index is 224. The summed E-state index contributed by atoms with van der Waals surface area (Å²) >= 11 is 0. The quantitative estimate of drug-likeness (QED) is 0.330. The minimum atomic E-state index is -6.02. The van der Waals surface area contributed by atoms with Crippen molar-refractivity contribution < 1.29 is 73.5 Å². The van der Waals surface area contributed by atoms with Gasteiger partial charge in [-0.1, -0.05) is 0 Å². The van der Waals surface area contributed by atoms with Crippen molar-refractivity contribution in [1.29, 1.82) is 0 Å². The van der Waals surface area contributed by atoms with E-state index in [9.17, 15) is 31.6 Å². The van der Waals surface area contributed by atoms with E-state index in [1.165, 1.54) is 0 Å². The average molecular weight is 206 g/mol. The molecule has 0 rings (SSSR count). The molecule has 0 N–H and O–H groups in total. The van der Waals surface area contributed by atoms with Crippen LogP contribution in [0.25, 0.3) is 0 Å². The molecule has 0 aliphatic heterocycles. The minimum Gasteiger partial charge on any atom is -0.870 e. The molecule has 0 unspecified atom stereocenters. The second-order valence-corrected chi connectivity index (χ2v) is 2.85. The molecule has 0 fully saturated rings. The first-order valence-electron chi connectivity index (χ1n) is 1.98. The molecule has 0 aromatic heterocycles. The molecule has 66 valence electrons. The summed E-state index contributed by atoms with van der Waals surface area (Å²) in [5, 5.41) is 18.7. The fourth-order valence-electron chi connectivity index (χ4n) is 0.158. The van der Waals surface area contributed by atoms with Gasteiger partial charge in [-0.3, -0.25) is 0 Å². The van der Waals surface area contributed by atoms with Gasteiger partial charge in [0.25, 0.3) is 0 Å². The van der Waals surface area contributed by atoms with Gasteiger partial charge in [0.2, 0.25) is 0 Å². The van der Waals surface area contributed by atoms with Crippen molar-refractivity contribution in [2.75, 3.05) is 0 Å². The van der Waals surface area contributed by atoms with Crippen molar-refractivity contribution >= 4 is 17.4 Å². The fraction of sp³-hybridized carbons (Fsp3) is 1.00. The van der Waals surface area contributed by atoms with Crippen molar-refractivity contribution in [3.8, 4) is 0 Å². The zero-order chi connectivity index (χ0) is 9.28. The Hall–Kier alpha value is 0.880. The first-order valence-corrected chi connectivity index (χ1v) is 3.39. The van der Waals surface area contributed by atoms with Crippen molar-refractivity contribution in [2.45, 2.75) is 5.51 Å². The third kappa shape index (κ3) is 6.89. The van der Waals surface area contributed by atoms with Gasteiger partial charge < -0.3 is 14.1 Å². The van der Waals surface area contributed by atoms with Gasteiger partial charge in [0.15, 0.2) is 0 Å². The Morgan fingerprint density at radius 2 is 1.46 bits per heavy atom. The maximum atomic E-state index is 11.2. The summed E-state index contributed by atoms with van der Waals surface area (Å²) in [6, 6.07) is 0. The molecule has 0 amide bonds. The maximum Gasteiger partial charge on any atom is 1.00 e. The number of hydrogen-bond donors (Lipinski definition) is 0.